The number of benzene rings is 2. The van der Waals surface area contributed by atoms with E-state index in [9.17, 15) is 14.4 Å². The summed E-state index contributed by atoms with van der Waals surface area (Å²) in [5.74, 6) is -0.316. The van der Waals surface area contributed by atoms with Gasteiger partial charge in [-0.15, -0.1) is 0 Å². The highest BCUT2D eigenvalue weighted by Crippen LogP contribution is 2.27. The Balaban J connectivity index is 1.45. The van der Waals surface area contributed by atoms with Crippen molar-refractivity contribution in [1.29, 1.82) is 0 Å². The van der Waals surface area contributed by atoms with E-state index in [0.29, 0.717) is 35.4 Å². The minimum Gasteiger partial charge on any atom is -0.462 e. The van der Waals surface area contributed by atoms with Crippen molar-refractivity contribution in [3.63, 3.8) is 0 Å². The highest BCUT2D eigenvalue weighted by atomic mass is 16.5. The molecule has 0 aliphatic rings. The lowest BCUT2D eigenvalue weighted by Crippen LogP contribution is -2.27. The Morgan fingerprint density at radius 1 is 0.838 bits per heavy atom. The number of carbonyl (C=O) groups excluding carboxylic acids is 3. The Kier molecular flexibility index (Phi) is 10.9. The topological polar surface area (TPSA) is 68.6 Å². The van der Waals surface area contributed by atoms with Crippen molar-refractivity contribution in [2.45, 2.75) is 71.6 Å². The number of hydrogen-bond donors (Lipinski definition) is 0. The molecule has 1 aromatic heterocycles. The maximum absolute atomic E-state index is 13.2. The second-order valence-corrected chi connectivity index (χ2v) is 9.66. The monoisotopic (exact) mass is 504 g/mol. The standard InChI is InChI=1S/C31H40N2O4/c1-4-5-22-32(3)28(34)21-13-8-6-7-9-16-23-37-31(36)29-24(2)33(27-20-15-14-19-26(27)29)30(35)25-17-11-10-12-18-25/h10-12,14-15,17-20H,4-9,13,16,21-23H2,1-3H3. The summed E-state index contributed by atoms with van der Waals surface area (Å²) in [5.41, 5.74) is 2.32. The predicted octanol–water partition coefficient (Wildman–Crippen LogP) is 6.78. The second-order valence-electron chi connectivity index (χ2n) is 9.66. The number of esters is 1. The third-order valence-corrected chi connectivity index (χ3v) is 6.83. The van der Waals surface area contributed by atoms with Crippen molar-refractivity contribution in [2.75, 3.05) is 20.2 Å². The molecule has 1 heterocycles. The third kappa shape index (κ3) is 7.54. The van der Waals surface area contributed by atoms with Crippen LogP contribution < -0.4 is 0 Å². The SMILES string of the molecule is CCCCN(C)C(=O)CCCCCCCCOC(=O)c1c(C)n(C(=O)c2ccccc2)c2ccccc12. The molecule has 3 rings (SSSR count). The molecule has 6 nitrogen and oxygen atoms in total. The normalized spacial score (nSPS) is 11.0. The van der Waals surface area contributed by atoms with Crippen molar-refractivity contribution >= 4 is 28.7 Å². The van der Waals surface area contributed by atoms with E-state index in [1.54, 1.807) is 23.6 Å². The first kappa shape index (κ1) is 28.2. The Morgan fingerprint density at radius 3 is 2.22 bits per heavy atom. The number of fused-ring (bicyclic) bond motifs is 1. The maximum Gasteiger partial charge on any atom is 0.340 e. The van der Waals surface area contributed by atoms with E-state index in [2.05, 4.69) is 6.92 Å². The molecule has 198 valence electrons. The number of para-hydroxylation sites is 1. The van der Waals surface area contributed by atoms with Crippen molar-refractivity contribution in [1.82, 2.24) is 9.47 Å². The van der Waals surface area contributed by atoms with Crippen LogP contribution in [0.25, 0.3) is 10.9 Å². The quantitative estimate of drug-likeness (QED) is 0.179. The number of nitrogens with zero attached hydrogens (tertiary/aromatic N) is 2. The largest absolute Gasteiger partial charge is 0.462 e. The summed E-state index contributed by atoms with van der Waals surface area (Å²) in [4.78, 5) is 40.2. The molecular weight excluding hydrogens is 464 g/mol. The first-order valence-electron chi connectivity index (χ1n) is 13.6. The zero-order valence-corrected chi connectivity index (χ0v) is 22.5. The molecule has 6 heteroatoms. The van der Waals surface area contributed by atoms with Gasteiger partial charge in [0.25, 0.3) is 5.91 Å². The van der Waals surface area contributed by atoms with E-state index in [4.69, 9.17) is 4.74 Å². The number of unbranched alkanes of at least 4 members (excludes halogenated alkanes) is 6. The van der Waals surface area contributed by atoms with Gasteiger partial charge in [0.15, 0.2) is 0 Å². The van der Waals surface area contributed by atoms with E-state index < -0.39 is 0 Å². The lowest BCUT2D eigenvalue weighted by Gasteiger charge is -2.16. The fraction of sp³-hybridized carbons (Fsp3) is 0.452. The smallest absolute Gasteiger partial charge is 0.340 e. The van der Waals surface area contributed by atoms with Crippen LogP contribution in [-0.2, 0) is 9.53 Å². The van der Waals surface area contributed by atoms with Crippen LogP contribution in [0, 0.1) is 6.92 Å². The van der Waals surface area contributed by atoms with Crippen LogP contribution in [0.4, 0.5) is 0 Å². The summed E-state index contributed by atoms with van der Waals surface area (Å²) in [6.45, 7) is 5.13. The molecule has 0 spiro atoms. The van der Waals surface area contributed by atoms with Crippen molar-refractivity contribution < 1.29 is 19.1 Å². The number of rotatable bonds is 14. The molecule has 0 saturated carbocycles. The highest BCUT2D eigenvalue weighted by Gasteiger charge is 2.24. The van der Waals surface area contributed by atoms with Crippen LogP contribution in [0.15, 0.2) is 54.6 Å². The number of carbonyl (C=O) groups is 3. The number of aromatic nitrogens is 1. The molecule has 37 heavy (non-hydrogen) atoms. The van der Waals surface area contributed by atoms with Crippen molar-refractivity contribution in [3.05, 3.63) is 71.4 Å². The zero-order chi connectivity index (χ0) is 26.6. The minimum atomic E-state index is -0.390. The summed E-state index contributed by atoms with van der Waals surface area (Å²) in [6.07, 6.45) is 8.66. The Hall–Kier alpha value is -3.41. The van der Waals surface area contributed by atoms with Gasteiger partial charge in [-0.1, -0.05) is 75.4 Å². The van der Waals surface area contributed by atoms with Gasteiger partial charge in [0, 0.05) is 36.7 Å². The molecular formula is C31H40N2O4. The molecule has 0 bridgehead atoms. The van der Waals surface area contributed by atoms with Gasteiger partial charge in [-0.25, -0.2) is 4.79 Å². The van der Waals surface area contributed by atoms with Crippen LogP contribution in [0.5, 0.6) is 0 Å². The van der Waals surface area contributed by atoms with Crippen molar-refractivity contribution in [3.8, 4) is 0 Å². The molecule has 1 amide bonds. The second kappa shape index (κ2) is 14.4. The van der Waals surface area contributed by atoms with E-state index >= 15 is 0 Å². The van der Waals surface area contributed by atoms with Crippen LogP contribution in [-0.4, -0.2) is 47.4 Å². The summed E-state index contributed by atoms with van der Waals surface area (Å²) in [7, 11) is 1.89. The Morgan fingerprint density at radius 2 is 1.49 bits per heavy atom. The van der Waals surface area contributed by atoms with E-state index in [1.165, 1.54) is 0 Å². The van der Waals surface area contributed by atoms with Crippen LogP contribution in [0.2, 0.25) is 0 Å². The average Bonchev–Trinajstić information content (AvgIpc) is 3.22. The summed E-state index contributed by atoms with van der Waals surface area (Å²) in [6, 6.07) is 16.5. The summed E-state index contributed by atoms with van der Waals surface area (Å²) >= 11 is 0. The summed E-state index contributed by atoms with van der Waals surface area (Å²) in [5, 5.41) is 0.726. The molecule has 0 N–H and O–H groups in total. The molecule has 0 fully saturated rings. The molecule has 3 aromatic rings. The van der Waals surface area contributed by atoms with E-state index in [1.807, 2.05) is 54.4 Å². The van der Waals surface area contributed by atoms with Crippen LogP contribution >= 0.6 is 0 Å². The molecule has 0 unspecified atom stereocenters. The van der Waals surface area contributed by atoms with Gasteiger partial charge in [0.2, 0.25) is 5.91 Å². The van der Waals surface area contributed by atoms with Gasteiger partial charge in [-0.05, 0) is 44.4 Å². The van der Waals surface area contributed by atoms with Gasteiger partial charge >= 0.3 is 5.97 Å². The lowest BCUT2D eigenvalue weighted by atomic mass is 10.1. The molecule has 0 saturated heterocycles. The van der Waals surface area contributed by atoms with Gasteiger partial charge < -0.3 is 9.64 Å². The van der Waals surface area contributed by atoms with Crippen LogP contribution in [0.1, 0.15) is 91.1 Å². The predicted molar refractivity (Wildman–Crippen MR) is 148 cm³/mol. The third-order valence-electron chi connectivity index (χ3n) is 6.83. The number of amides is 1. The Labute approximate surface area is 220 Å². The average molecular weight is 505 g/mol. The van der Waals surface area contributed by atoms with Crippen molar-refractivity contribution in [2.24, 2.45) is 0 Å². The minimum absolute atomic E-state index is 0.164. The summed E-state index contributed by atoms with van der Waals surface area (Å²) < 4.78 is 7.22. The Bertz CT molecular complexity index is 1180. The fourth-order valence-corrected chi connectivity index (χ4v) is 4.63. The van der Waals surface area contributed by atoms with Crippen LogP contribution in [0.3, 0.4) is 0 Å². The lowest BCUT2D eigenvalue weighted by molar-refractivity contribution is -0.130. The van der Waals surface area contributed by atoms with E-state index in [0.717, 1.165) is 63.3 Å². The highest BCUT2D eigenvalue weighted by molar-refractivity contribution is 6.11. The molecule has 2 aromatic carbocycles. The number of ether oxygens (including phenoxy) is 1. The first-order chi connectivity index (χ1) is 18.0. The maximum atomic E-state index is 13.2. The van der Waals surface area contributed by atoms with E-state index in [-0.39, 0.29) is 17.8 Å². The molecule has 0 atom stereocenters. The number of hydrogen-bond acceptors (Lipinski definition) is 4. The molecule has 0 radical (unpaired) electrons. The first-order valence-corrected chi connectivity index (χ1v) is 13.6. The molecule has 0 aliphatic carbocycles. The van der Waals surface area contributed by atoms with Gasteiger partial charge in [-0.3, -0.25) is 14.2 Å². The van der Waals surface area contributed by atoms with Gasteiger partial charge in [0.1, 0.15) is 0 Å². The van der Waals surface area contributed by atoms with Gasteiger partial charge in [0.05, 0.1) is 17.7 Å². The fourth-order valence-electron chi connectivity index (χ4n) is 4.63. The molecule has 0 aliphatic heterocycles. The zero-order valence-electron chi connectivity index (χ0n) is 22.5. The van der Waals surface area contributed by atoms with Gasteiger partial charge in [-0.2, -0.15) is 0 Å².